The molecule has 1 aliphatic heterocycles. The lowest BCUT2D eigenvalue weighted by atomic mass is 9.92. The number of hydrogen-bond donors (Lipinski definition) is 2. The molecule has 0 radical (unpaired) electrons. The van der Waals surface area contributed by atoms with Crippen molar-refractivity contribution in [3.05, 3.63) is 48.0 Å². The van der Waals surface area contributed by atoms with Crippen molar-refractivity contribution >= 4 is 5.97 Å². The monoisotopic (exact) mass is 316 g/mol. The summed E-state index contributed by atoms with van der Waals surface area (Å²) in [5.41, 5.74) is 6.59. The largest absolute Gasteiger partial charge is 0.480 e. The summed E-state index contributed by atoms with van der Waals surface area (Å²) in [5.74, 6) is 0.837. The van der Waals surface area contributed by atoms with Crippen molar-refractivity contribution in [2.45, 2.75) is 45.2 Å². The molecule has 0 amide bonds. The highest BCUT2D eigenvalue weighted by Gasteiger charge is 2.20. The molecule has 124 valence electrons. The first-order chi connectivity index (χ1) is 11.0. The van der Waals surface area contributed by atoms with Gasteiger partial charge in [0, 0.05) is 18.9 Å². The molecule has 6 heteroatoms. The molecule has 0 fully saturated rings. The van der Waals surface area contributed by atoms with Crippen LogP contribution in [0.1, 0.15) is 37.6 Å². The quantitative estimate of drug-likeness (QED) is 0.904. The van der Waals surface area contributed by atoms with E-state index in [4.69, 9.17) is 10.8 Å². The number of hydrogen-bond acceptors (Lipinski definition) is 4. The Morgan fingerprint density at radius 3 is 2.61 bits per heavy atom. The van der Waals surface area contributed by atoms with Crippen LogP contribution in [0.4, 0.5) is 0 Å². The van der Waals surface area contributed by atoms with Gasteiger partial charge in [0.25, 0.3) is 0 Å². The van der Waals surface area contributed by atoms with Crippen molar-refractivity contribution in [3.8, 4) is 0 Å². The maximum atomic E-state index is 10.0. The van der Waals surface area contributed by atoms with Crippen LogP contribution in [0.15, 0.2) is 36.7 Å². The average Bonchev–Trinajstić information content (AvgIpc) is 3.03. The molecule has 0 saturated carbocycles. The highest BCUT2D eigenvalue weighted by Crippen LogP contribution is 2.27. The molecule has 2 aromatic rings. The molecular formula is C17H24N4O2. The number of carboxylic acids is 1. The van der Waals surface area contributed by atoms with E-state index < -0.39 is 12.0 Å². The van der Waals surface area contributed by atoms with Crippen LogP contribution in [0.25, 0.3) is 0 Å². The number of fused-ring (bicyclic) bond motifs is 1. The normalized spacial score (nSPS) is 17.8. The Labute approximate surface area is 136 Å². The van der Waals surface area contributed by atoms with E-state index in [-0.39, 0.29) is 5.92 Å². The molecule has 23 heavy (non-hydrogen) atoms. The highest BCUT2D eigenvalue weighted by molar-refractivity contribution is 5.73. The topological polar surface area (TPSA) is 94.0 Å². The van der Waals surface area contributed by atoms with Crippen LogP contribution in [-0.2, 0) is 17.8 Å². The minimum absolute atomic E-state index is 0.0208. The van der Waals surface area contributed by atoms with Crippen molar-refractivity contribution in [3.63, 3.8) is 0 Å². The number of nitrogens with zero attached hydrogens (tertiary/aromatic N) is 3. The van der Waals surface area contributed by atoms with Crippen LogP contribution in [0, 0.1) is 5.92 Å². The molecule has 1 aromatic heterocycles. The zero-order valence-electron chi connectivity index (χ0n) is 13.6. The van der Waals surface area contributed by atoms with Crippen molar-refractivity contribution in [2.24, 2.45) is 11.7 Å². The first kappa shape index (κ1) is 17.1. The van der Waals surface area contributed by atoms with Crippen LogP contribution in [0.5, 0.6) is 0 Å². The number of nitrogens with two attached hydrogens (primary N) is 1. The Morgan fingerprint density at radius 1 is 1.35 bits per heavy atom. The summed E-state index contributed by atoms with van der Waals surface area (Å²) in [7, 11) is 0. The average molecular weight is 316 g/mol. The van der Waals surface area contributed by atoms with Gasteiger partial charge in [-0.05, 0) is 17.9 Å². The van der Waals surface area contributed by atoms with Crippen molar-refractivity contribution < 1.29 is 9.90 Å². The Balaban J connectivity index is 0.000000207. The number of aromatic nitrogens is 3. The maximum Gasteiger partial charge on any atom is 0.320 e. The third kappa shape index (κ3) is 4.63. The summed E-state index contributed by atoms with van der Waals surface area (Å²) < 4.78 is 2.17. The number of carbonyl (C=O) groups is 1. The van der Waals surface area contributed by atoms with Gasteiger partial charge in [-0.3, -0.25) is 4.79 Å². The number of aryl methyl sites for hydroxylation is 1. The lowest BCUT2D eigenvalue weighted by Crippen LogP contribution is -2.34. The van der Waals surface area contributed by atoms with E-state index in [0.29, 0.717) is 5.92 Å². The zero-order chi connectivity index (χ0) is 16.8. The predicted molar refractivity (Wildman–Crippen MR) is 88.0 cm³/mol. The Bertz CT molecular complexity index is 625. The van der Waals surface area contributed by atoms with Crippen molar-refractivity contribution in [1.82, 2.24) is 14.8 Å². The molecule has 1 aliphatic rings. The third-order valence-electron chi connectivity index (χ3n) is 4.10. The molecule has 6 nitrogen and oxygen atoms in total. The smallest absolute Gasteiger partial charge is 0.320 e. The van der Waals surface area contributed by atoms with Gasteiger partial charge in [-0.1, -0.05) is 44.2 Å². The fourth-order valence-electron chi connectivity index (χ4n) is 2.54. The van der Waals surface area contributed by atoms with E-state index in [2.05, 4.69) is 45.1 Å². The fraction of sp³-hybridized carbons (Fsp3) is 0.471. The molecule has 0 saturated heterocycles. The summed E-state index contributed by atoms with van der Waals surface area (Å²) in [6, 6.07) is 9.99. The summed E-state index contributed by atoms with van der Waals surface area (Å²) in [4.78, 5) is 10.0. The van der Waals surface area contributed by atoms with Crippen LogP contribution in [0.2, 0.25) is 0 Å². The summed E-state index contributed by atoms with van der Waals surface area (Å²) in [5, 5.41) is 16.3. The Kier molecular flexibility index (Phi) is 5.87. The van der Waals surface area contributed by atoms with E-state index in [9.17, 15) is 4.79 Å². The van der Waals surface area contributed by atoms with Gasteiger partial charge in [0.05, 0.1) is 0 Å². The van der Waals surface area contributed by atoms with Crippen molar-refractivity contribution in [2.75, 3.05) is 0 Å². The second-order valence-electron chi connectivity index (χ2n) is 6.15. The first-order valence-electron chi connectivity index (χ1n) is 7.89. The van der Waals surface area contributed by atoms with Crippen LogP contribution in [-0.4, -0.2) is 31.9 Å². The number of aliphatic carboxylic acids is 1. The lowest BCUT2D eigenvalue weighted by molar-refractivity contribution is -0.139. The Hall–Kier alpha value is -2.21. The molecule has 0 bridgehead atoms. The van der Waals surface area contributed by atoms with Gasteiger partial charge in [-0.2, -0.15) is 0 Å². The molecule has 0 spiro atoms. The Morgan fingerprint density at radius 2 is 2.04 bits per heavy atom. The van der Waals surface area contributed by atoms with E-state index in [0.717, 1.165) is 18.8 Å². The summed E-state index contributed by atoms with van der Waals surface area (Å²) in [6.45, 7) is 4.57. The molecule has 1 aromatic carbocycles. The van der Waals surface area contributed by atoms with Gasteiger partial charge in [-0.25, -0.2) is 0 Å². The minimum atomic E-state index is -0.931. The van der Waals surface area contributed by atoms with Gasteiger partial charge >= 0.3 is 5.97 Å². The second kappa shape index (κ2) is 7.87. The van der Waals surface area contributed by atoms with Crippen LogP contribution < -0.4 is 5.73 Å². The highest BCUT2D eigenvalue weighted by atomic mass is 16.4. The molecule has 3 rings (SSSR count). The van der Waals surface area contributed by atoms with Gasteiger partial charge in [0.15, 0.2) is 0 Å². The number of benzene rings is 1. The number of carboxylic acid groups (broad SMARTS) is 1. The van der Waals surface area contributed by atoms with Gasteiger partial charge in [0.2, 0.25) is 0 Å². The third-order valence-corrected chi connectivity index (χ3v) is 4.10. The van der Waals surface area contributed by atoms with E-state index >= 15 is 0 Å². The van der Waals surface area contributed by atoms with Crippen LogP contribution >= 0.6 is 0 Å². The fourth-order valence-corrected chi connectivity index (χ4v) is 2.54. The zero-order valence-corrected chi connectivity index (χ0v) is 13.6. The molecule has 2 atom stereocenters. The van der Waals surface area contributed by atoms with E-state index in [1.54, 1.807) is 13.8 Å². The van der Waals surface area contributed by atoms with E-state index in [1.807, 2.05) is 6.33 Å². The summed E-state index contributed by atoms with van der Waals surface area (Å²) >= 11 is 0. The SMILES string of the molecule is CC(C)[C@H](N)C(=O)O.c1ccc(C2CCc3nncn3C2)cc1. The van der Waals surface area contributed by atoms with Crippen molar-refractivity contribution in [1.29, 1.82) is 0 Å². The predicted octanol–water partition coefficient (Wildman–Crippen LogP) is 2.06. The minimum Gasteiger partial charge on any atom is -0.480 e. The van der Waals surface area contributed by atoms with Crippen LogP contribution in [0.3, 0.4) is 0 Å². The van der Waals surface area contributed by atoms with Gasteiger partial charge in [0.1, 0.15) is 18.2 Å². The second-order valence-corrected chi connectivity index (χ2v) is 6.15. The van der Waals surface area contributed by atoms with E-state index in [1.165, 1.54) is 12.0 Å². The maximum absolute atomic E-state index is 10.0. The number of rotatable bonds is 3. The van der Waals surface area contributed by atoms with Gasteiger partial charge < -0.3 is 15.4 Å². The molecule has 1 unspecified atom stereocenters. The molecule has 0 aliphatic carbocycles. The molecule has 2 heterocycles. The molecule has 3 N–H and O–H groups in total. The van der Waals surface area contributed by atoms with Gasteiger partial charge in [-0.15, -0.1) is 10.2 Å². The summed E-state index contributed by atoms with van der Waals surface area (Å²) in [6.07, 6.45) is 4.06. The first-order valence-corrected chi connectivity index (χ1v) is 7.89. The standard InChI is InChI=1S/C12H13N3.C5H11NO2/c1-2-4-10(5-3-1)11-6-7-12-14-13-9-15(12)8-11;1-3(2)4(6)5(7)8/h1-5,9,11H,6-8H2;3-4H,6H2,1-2H3,(H,7,8)/t;4-/m.0/s1. The lowest BCUT2D eigenvalue weighted by Gasteiger charge is -2.23. The molecular weight excluding hydrogens is 292 g/mol.